The van der Waals surface area contributed by atoms with Crippen molar-refractivity contribution in [1.29, 1.82) is 0 Å². The molecule has 0 spiro atoms. The van der Waals surface area contributed by atoms with E-state index in [4.69, 9.17) is 9.97 Å². The Hall–Kier alpha value is -2.12. The number of benzene rings is 1. The van der Waals surface area contributed by atoms with Crippen LogP contribution < -0.4 is 5.32 Å². The Morgan fingerprint density at radius 2 is 2.03 bits per heavy atom. The first-order valence-electron chi connectivity index (χ1n) is 10.1. The summed E-state index contributed by atoms with van der Waals surface area (Å²) in [6.07, 6.45) is 2.62. The number of hydrogen-bond acceptors (Lipinski definition) is 6. The maximum atomic E-state index is 11.8. The fraction of sp³-hybridized carbons (Fsp3) is 0.409. The van der Waals surface area contributed by atoms with Crippen LogP contribution in [-0.4, -0.2) is 40.4 Å². The van der Waals surface area contributed by atoms with Gasteiger partial charge in [0.2, 0.25) is 5.91 Å². The fourth-order valence-corrected chi connectivity index (χ4v) is 5.39. The van der Waals surface area contributed by atoms with E-state index in [0.717, 1.165) is 60.1 Å². The number of carbonyl (C=O) groups is 1. The molecule has 2 aromatic heterocycles. The minimum absolute atomic E-state index is 0.291. The van der Waals surface area contributed by atoms with Crippen LogP contribution in [0.3, 0.4) is 0 Å². The highest BCUT2D eigenvalue weighted by Crippen LogP contribution is 2.34. The summed E-state index contributed by atoms with van der Waals surface area (Å²) < 4.78 is 0. The Morgan fingerprint density at radius 1 is 1.21 bits per heavy atom. The van der Waals surface area contributed by atoms with Crippen LogP contribution in [0.2, 0.25) is 0 Å². The predicted octanol–water partition coefficient (Wildman–Crippen LogP) is 5.02. The third-order valence-corrected chi connectivity index (χ3v) is 7.36. The lowest BCUT2D eigenvalue weighted by Crippen LogP contribution is -2.27. The van der Waals surface area contributed by atoms with Crippen molar-refractivity contribution in [3.05, 3.63) is 46.6 Å². The molecule has 4 rings (SSSR count). The van der Waals surface area contributed by atoms with E-state index in [-0.39, 0.29) is 0 Å². The molecule has 3 heterocycles. The normalized spacial score (nSPS) is 14.1. The van der Waals surface area contributed by atoms with Gasteiger partial charge in [-0.3, -0.25) is 4.79 Å². The number of nitrogens with zero attached hydrogens (tertiary/aromatic N) is 3. The van der Waals surface area contributed by atoms with Crippen molar-refractivity contribution in [3.63, 3.8) is 0 Å². The Balaban J connectivity index is 1.47. The van der Waals surface area contributed by atoms with Gasteiger partial charge in [-0.25, -0.2) is 9.97 Å². The van der Waals surface area contributed by atoms with Gasteiger partial charge >= 0.3 is 0 Å². The summed E-state index contributed by atoms with van der Waals surface area (Å²) in [5.41, 5.74) is 1.25. The zero-order chi connectivity index (χ0) is 20.2. The molecule has 0 bridgehead atoms. The van der Waals surface area contributed by atoms with Gasteiger partial charge < -0.3 is 10.2 Å². The highest BCUT2D eigenvalue weighted by Gasteiger charge is 2.19. The zero-order valence-electron chi connectivity index (χ0n) is 16.9. The van der Waals surface area contributed by atoms with Gasteiger partial charge in [0.1, 0.15) is 16.5 Å². The topological polar surface area (TPSA) is 58.1 Å². The maximum absolute atomic E-state index is 11.8. The molecule has 7 heteroatoms. The molecule has 1 aliphatic rings. The molecule has 1 aromatic carbocycles. The molecule has 29 heavy (non-hydrogen) atoms. The van der Waals surface area contributed by atoms with Gasteiger partial charge in [0.15, 0.2) is 0 Å². The molecule has 0 aliphatic carbocycles. The largest absolute Gasteiger partial charge is 0.369 e. The molecule has 3 aromatic rings. The van der Waals surface area contributed by atoms with Crippen molar-refractivity contribution in [2.45, 2.75) is 43.8 Å². The molecule has 1 saturated heterocycles. The number of rotatable bonds is 8. The summed E-state index contributed by atoms with van der Waals surface area (Å²) in [6.45, 7) is 6.81. The number of nitrogens with one attached hydrogen (secondary N) is 1. The lowest BCUT2D eigenvalue weighted by atomic mass is 10.2. The molecule has 1 N–H and O–H groups in total. The lowest BCUT2D eigenvalue weighted by Gasteiger charge is -2.16. The van der Waals surface area contributed by atoms with Gasteiger partial charge in [-0.1, -0.05) is 18.2 Å². The highest BCUT2D eigenvalue weighted by atomic mass is 32.2. The summed E-state index contributed by atoms with van der Waals surface area (Å²) in [7, 11) is 0. The van der Waals surface area contributed by atoms with Crippen molar-refractivity contribution in [2.75, 3.05) is 25.0 Å². The SMILES string of the molecule is Cc1sc2nc(CSc3ccccc3)nc(NCCCN3CCCC3=O)c2c1C. The van der Waals surface area contributed by atoms with E-state index >= 15 is 0 Å². The van der Waals surface area contributed by atoms with Crippen LogP contribution in [0.25, 0.3) is 10.2 Å². The molecule has 0 atom stereocenters. The molecular formula is C22H26N4OS2. The number of fused-ring (bicyclic) bond motifs is 1. The molecule has 152 valence electrons. The average Bonchev–Trinajstić information content (AvgIpc) is 3.26. The van der Waals surface area contributed by atoms with Gasteiger partial charge in [-0.15, -0.1) is 23.1 Å². The minimum atomic E-state index is 0.291. The first-order chi connectivity index (χ1) is 14.1. The molecule has 0 saturated carbocycles. The summed E-state index contributed by atoms with van der Waals surface area (Å²) in [4.78, 5) is 27.0. The number of carbonyl (C=O) groups excluding carboxylic acids is 1. The van der Waals surface area contributed by atoms with Crippen LogP contribution in [0, 0.1) is 13.8 Å². The number of thioether (sulfide) groups is 1. The van der Waals surface area contributed by atoms with E-state index in [1.165, 1.54) is 15.3 Å². The standard InChI is InChI=1S/C22H26N4OS2/c1-15-16(2)29-22-20(15)21(23-11-7-13-26-12-6-10-19(26)27)24-18(25-22)14-28-17-8-4-3-5-9-17/h3-5,8-9H,6-7,10-14H2,1-2H3,(H,23,24,25). The maximum Gasteiger partial charge on any atom is 0.222 e. The van der Waals surface area contributed by atoms with Crippen molar-refractivity contribution in [3.8, 4) is 0 Å². The third-order valence-electron chi connectivity index (χ3n) is 5.25. The highest BCUT2D eigenvalue weighted by molar-refractivity contribution is 7.98. The summed E-state index contributed by atoms with van der Waals surface area (Å²) in [6, 6.07) is 10.4. The third kappa shape index (κ3) is 4.73. The van der Waals surface area contributed by atoms with Crippen molar-refractivity contribution in [2.24, 2.45) is 0 Å². The first-order valence-corrected chi connectivity index (χ1v) is 11.9. The van der Waals surface area contributed by atoms with Gasteiger partial charge in [0.05, 0.1) is 11.1 Å². The smallest absolute Gasteiger partial charge is 0.222 e. The number of thiophene rings is 1. The van der Waals surface area contributed by atoms with Gasteiger partial charge in [-0.2, -0.15) is 0 Å². The second-order valence-electron chi connectivity index (χ2n) is 7.32. The summed E-state index contributed by atoms with van der Waals surface area (Å²) >= 11 is 3.49. The number of aromatic nitrogens is 2. The fourth-order valence-electron chi connectivity index (χ4n) is 3.57. The van der Waals surface area contributed by atoms with E-state index in [9.17, 15) is 4.79 Å². The van der Waals surface area contributed by atoms with E-state index in [1.807, 2.05) is 11.0 Å². The summed E-state index contributed by atoms with van der Waals surface area (Å²) in [5.74, 6) is 2.81. The zero-order valence-corrected chi connectivity index (χ0v) is 18.5. The molecule has 0 unspecified atom stereocenters. The molecule has 5 nitrogen and oxygen atoms in total. The van der Waals surface area contributed by atoms with E-state index in [1.54, 1.807) is 23.1 Å². The number of aryl methyl sites for hydroxylation is 2. The van der Waals surface area contributed by atoms with Crippen molar-refractivity contribution >= 4 is 45.0 Å². The van der Waals surface area contributed by atoms with E-state index in [0.29, 0.717) is 12.3 Å². The predicted molar refractivity (Wildman–Crippen MR) is 122 cm³/mol. The number of anilines is 1. The number of hydrogen-bond donors (Lipinski definition) is 1. The minimum Gasteiger partial charge on any atom is -0.369 e. The first kappa shape index (κ1) is 20.2. The second kappa shape index (κ2) is 9.13. The Labute approximate surface area is 179 Å². The summed E-state index contributed by atoms with van der Waals surface area (Å²) in [5, 5.41) is 4.66. The van der Waals surface area contributed by atoms with Crippen LogP contribution in [0.5, 0.6) is 0 Å². The van der Waals surface area contributed by atoms with Crippen molar-refractivity contribution in [1.82, 2.24) is 14.9 Å². The second-order valence-corrected chi connectivity index (χ2v) is 9.57. The quantitative estimate of drug-likeness (QED) is 0.405. The Kier molecular flexibility index (Phi) is 6.35. The van der Waals surface area contributed by atoms with Crippen LogP contribution in [-0.2, 0) is 10.5 Å². The van der Waals surface area contributed by atoms with Crippen LogP contribution in [0.1, 0.15) is 35.5 Å². The molecule has 1 aliphatic heterocycles. The molecule has 0 radical (unpaired) electrons. The number of amides is 1. The van der Waals surface area contributed by atoms with Gasteiger partial charge in [0.25, 0.3) is 0 Å². The van der Waals surface area contributed by atoms with Crippen LogP contribution >= 0.6 is 23.1 Å². The Bertz CT molecular complexity index is 1000. The Morgan fingerprint density at radius 3 is 2.79 bits per heavy atom. The average molecular weight is 427 g/mol. The number of likely N-dealkylation sites (tertiary alicyclic amines) is 1. The van der Waals surface area contributed by atoms with Crippen molar-refractivity contribution < 1.29 is 4.79 Å². The van der Waals surface area contributed by atoms with Crippen LogP contribution in [0.15, 0.2) is 35.2 Å². The molecular weight excluding hydrogens is 400 g/mol. The molecule has 1 amide bonds. The van der Waals surface area contributed by atoms with Gasteiger partial charge in [-0.05, 0) is 44.4 Å². The van der Waals surface area contributed by atoms with E-state index < -0.39 is 0 Å². The van der Waals surface area contributed by atoms with Crippen LogP contribution in [0.4, 0.5) is 5.82 Å². The van der Waals surface area contributed by atoms with Gasteiger partial charge in [0, 0.05) is 35.8 Å². The lowest BCUT2D eigenvalue weighted by molar-refractivity contribution is -0.127. The molecule has 1 fully saturated rings. The van der Waals surface area contributed by atoms with E-state index in [2.05, 4.69) is 43.4 Å². The monoisotopic (exact) mass is 426 g/mol.